The van der Waals surface area contributed by atoms with Crippen LogP contribution in [-0.2, 0) is 22.1 Å². The first kappa shape index (κ1) is 20.1. The van der Waals surface area contributed by atoms with Gasteiger partial charge in [-0.3, -0.25) is 4.99 Å². The molecular weight excluding hydrogens is 376 g/mol. The lowest BCUT2D eigenvalue weighted by Crippen LogP contribution is -2.52. The lowest BCUT2D eigenvalue weighted by molar-refractivity contribution is 0.370. The molecule has 150 valence electrons. The van der Waals surface area contributed by atoms with E-state index in [4.69, 9.17) is 0 Å². The van der Waals surface area contributed by atoms with Crippen molar-refractivity contribution in [2.24, 2.45) is 4.99 Å². The second kappa shape index (κ2) is 9.01. The summed E-state index contributed by atoms with van der Waals surface area (Å²) in [6.07, 6.45) is 4.77. The zero-order valence-electron chi connectivity index (χ0n) is 16.2. The Balaban J connectivity index is 1.51. The number of aliphatic imine (C=N–C) groups is 1. The first-order valence-corrected chi connectivity index (χ1v) is 11.2. The van der Waals surface area contributed by atoms with E-state index in [1.807, 2.05) is 30.3 Å². The molecule has 8 nitrogen and oxygen atoms in total. The highest BCUT2D eigenvalue weighted by molar-refractivity contribution is 7.89. The Morgan fingerprint density at radius 2 is 1.68 bits per heavy atom. The average molecular weight is 403 g/mol. The van der Waals surface area contributed by atoms with Crippen LogP contribution in [0.2, 0.25) is 0 Å². The molecule has 9 heteroatoms. The number of guanidine groups is 1. The minimum absolute atomic E-state index is 0.0672. The number of hydrogen-bond donors (Lipinski definition) is 1. The smallest absolute Gasteiger partial charge is 0.225 e. The quantitative estimate of drug-likeness (QED) is 0.587. The fourth-order valence-electron chi connectivity index (χ4n) is 3.14. The van der Waals surface area contributed by atoms with E-state index in [9.17, 15) is 8.42 Å². The normalized spacial score (nSPS) is 15.6. The van der Waals surface area contributed by atoms with E-state index in [-0.39, 0.29) is 5.75 Å². The van der Waals surface area contributed by atoms with Crippen LogP contribution in [0.15, 0.2) is 47.7 Å². The van der Waals surface area contributed by atoms with Crippen molar-refractivity contribution < 1.29 is 8.42 Å². The van der Waals surface area contributed by atoms with E-state index in [0.29, 0.717) is 6.54 Å². The predicted molar refractivity (Wildman–Crippen MR) is 111 cm³/mol. The molecule has 0 aliphatic carbocycles. The van der Waals surface area contributed by atoms with Crippen LogP contribution < -0.4 is 10.2 Å². The van der Waals surface area contributed by atoms with Gasteiger partial charge in [0.1, 0.15) is 0 Å². The molecule has 1 aromatic carbocycles. The van der Waals surface area contributed by atoms with Gasteiger partial charge in [0.15, 0.2) is 15.8 Å². The number of rotatable bonds is 5. The summed E-state index contributed by atoms with van der Waals surface area (Å²) in [5, 5.41) is 3.39. The Morgan fingerprint density at radius 3 is 2.25 bits per heavy atom. The molecule has 0 radical (unpaired) electrons. The molecule has 2 aromatic rings. The number of benzene rings is 1. The number of nitrogens with one attached hydrogen (secondary N) is 1. The second-order valence-electron chi connectivity index (χ2n) is 6.81. The minimum atomic E-state index is -3.01. The van der Waals surface area contributed by atoms with Gasteiger partial charge in [-0.05, 0) is 17.2 Å². The summed E-state index contributed by atoms with van der Waals surface area (Å²) < 4.78 is 22.8. The molecule has 1 fully saturated rings. The van der Waals surface area contributed by atoms with Crippen molar-refractivity contribution in [3.8, 4) is 0 Å². The monoisotopic (exact) mass is 402 g/mol. The number of nitrogens with zero attached hydrogens (tertiary/aromatic N) is 5. The van der Waals surface area contributed by atoms with Gasteiger partial charge in [-0.25, -0.2) is 18.4 Å². The van der Waals surface area contributed by atoms with Crippen molar-refractivity contribution in [1.82, 2.24) is 20.2 Å². The third kappa shape index (κ3) is 5.66. The van der Waals surface area contributed by atoms with Gasteiger partial charge in [0, 0.05) is 58.4 Å². The van der Waals surface area contributed by atoms with Crippen LogP contribution in [0.25, 0.3) is 0 Å². The first-order chi connectivity index (χ1) is 13.4. The number of sulfone groups is 1. The average Bonchev–Trinajstić information content (AvgIpc) is 2.70. The zero-order valence-corrected chi connectivity index (χ0v) is 17.1. The van der Waals surface area contributed by atoms with Crippen LogP contribution in [0.3, 0.4) is 0 Å². The third-order valence-corrected chi connectivity index (χ3v) is 5.39. The summed E-state index contributed by atoms with van der Waals surface area (Å²) in [6.45, 7) is 3.99. The van der Waals surface area contributed by atoms with Gasteiger partial charge in [0.05, 0.1) is 5.75 Å². The van der Waals surface area contributed by atoms with E-state index < -0.39 is 9.84 Å². The number of aromatic nitrogens is 2. The van der Waals surface area contributed by atoms with Crippen LogP contribution >= 0.6 is 0 Å². The maximum Gasteiger partial charge on any atom is 0.225 e. The Morgan fingerprint density at radius 1 is 1.07 bits per heavy atom. The van der Waals surface area contributed by atoms with Crippen LogP contribution in [0.5, 0.6) is 0 Å². The second-order valence-corrected chi connectivity index (χ2v) is 8.95. The molecule has 0 bridgehead atoms. The number of hydrogen-bond acceptors (Lipinski definition) is 6. The number of piperazine rings is 1. The Kier molecular flexibility index (Phi) is 6.45. The molecule has 0 saturated carbocycles. The molecule has 2 heterocycles. The van der Waals surface area contributed by atoms with E-state index in [1.165, 1.54) is 6.26 Å². The van der Waals surface area contributed by atoms with E-state index in [1.54, 1.807) is 19.4 Å². The standard InChI is InChI=1S/C19H26N6O2S/c1-20-18(23-14-16-4-6-17(7-5-16)15-28(2,26)27)24-10-12-25(13-11-24)19-21-8-3-9-22-19/h3-9H,10-15H2,1-2H3,(H,20,23). The van der Waals surface area contributed by atoms with Crippen molar-refractivity contribution in [3.63, 3.8) is 0 Å². The highest BCUT2D eigenvalue weighted by Gasteiger charge is 2.20. The lowest BCUT2D eigenvalue weighted by atomic mass is 10.1. The van der Waals surface area contributed by atoms with Crippen molar-refractivity contribution in [2.75, 3.05) is 44.4 Å². The summed E-state index contributed by atoms with van der Waals surface area (Å²) in [5.74, 6) is 1.69. The molecule has 0 atom stereocenters. The summed E-state index contributed by atoms with van der Waals surface area (Å²) in [5.41, 5.74) is 1.88. The molecule has 3 rings (SSSR count). The molecule has 28 heavy (non-hydrogen) atoms. The fourth-order valence-corrected chi connectivity index (χ4v) is 3.94. The Bertz CT molecular complexity index is 892. The molecule has 1 aliphatic heterocycles. The highest BCUT2D eigenvalue weighted by Crippen LogP contribution is 2.11. The van der Waals surface area contributed by atoms with Crippen molar-refractivity contribution in [3.05, 3.63) is 53.9 Å². The van der Waals surface area contributed by atoms with Crippen molar-refractivity contribution in [2.45, 2.75) is 12.3 Å². The van der Waals surface area contributed by atoms with Crippen LogP contribution in [0, 0.1) is 0 Å². The first-order valence-electron chi connectivity index (χ1n) is 9.18. The Hall–Kier alpha value is -2.68. The van der Waals surface area contributed by atoms with Gasteiger partial charge >= 0.3 is 0 Å². The van der Waals surface area contributed by atoms with Crippen molar-refractivity contribution in [1.29, 1.82) is 0 Å². The maximum atomic E-state index is 11.4. The molecule has 0 amide bonds. The lowest BCUT2D eigenvalue weighted by Gasteiger charge is -2.36. The topological polar surface area (TPSA) is 90.8 Å². The molecule has 0 spiro atoms. The summed E-state index contributed by atoms with van der Waals surface area (Å²) >= 11 is 0. The highest BCUT2D eigenvalue weighted by atomic mass is 32.2. The molecule has 1 N–H and O–H groups in total. The summed E-state index contributed by atoms with van der Waals surface area (Å²) in [7, 11) is -1.23. The van der Waals surface area contributed by atoms with Crippen LogP contribution in [-0.4, -0.2) is 68.7 Å². The fraction of sp³-hybridized carbons (Fsp3) is 0.421. The molecule has 1 saturated heterocycles. The predicted octanol–water partition coefficient (Wildman–Crippen LogP) is 0.919. The van der Waals surface area contributed by atoms with Gasteiger partial charge in [-0.1, -0.05) is 24.3 Å². The third-order valence-electron chi connectivity index (χ3n) is 4.53. The SMILES string of the molecule is CN=C(NCc1ccc(CS(C)(=O)=O)cc1)N1CCN(c2ncccn2)CC1. The number of anilines is 1. The van der Waals surface area contributed by atoms with Gasteiger partial charge in [-0.2, -0.15) is 0 Å². The van der Waals surface area contributed by atoms with Crippen LogP contribution in [0.4, 0.5) is 5.95 Å². The van der Waals surface area contributed by atoms with Gasteiger partial charge in [-0.15, -0.1) is 0 Å². The zero-order chi connectivity index (χ0) is 20.0. The summed E-state index contributed by atoms with van der Waals surface area (Å²) in [4.78, 5) is 17.4. The molecule has 1 aliphatic rings. The van der Waals surface area contributed by atoms with Gasteiger partial charge in [0.2, 0.25) is 5.95 Å². The summed E-state index contributed by atoms with van der Waals surface area (Å²) in [6, 6.07) is 9.44. The van der Waals surface area contributed by atoms with Crippen LogP contribution in [0.1, 0.15) is 11.1 Å². The van der Waals surface area contributed by atoms with E-state index >= 15 is 0 Å². The molecule has 0 unspecified atom stereocenters. The van der Waals surface area contributed by atoms with Gasteiger partial charge in [0.25, 0.3) is 0 Å². The maximum absolute atomic E-state index is 11.4. The minimum Gasteiger partial charge on any atom is -0.352 e. The Labute approximate surface area is 166 Å². The molecule has 1 aromatic heterocycles. The largest absolute Gasteiger partial charge is 0.352 e. The van der Waals surface area contributed by atoms with E-state index in [2.05, 4.69) is 30.1 Å². The van der Waals surface area contributed by atoms with Crippen molar-refractivity contribution >= 4 is 21.7 Å². The molecular formula is C19H26N6O2S. The van der Waals surface area contributed by atoms with E-state index in [0.717, 1.165) is 49.2 Å². The van der Waals surface area contributed by atoms with Gasteiger partial charge < -0.3 is 15.1 Å².